The predicted octanol–water partition coefficient (Wildman–Crippen LogP) is 2.54. The first-order valence-electron chi connectivity index (χ1n) is 6.41. The molecule has 0 spiro atoms. The fourth-order valence-corrected chi connectivity index (χ4v) is 4.81. The van der Waals surface area contributed by atoms with Gasteiger partial charge in [-0.15, -0.1) is 12.4 Å². The van der Waals surface area contributed by atoms with E-state index >= 15 is 0 Å². The Morgan fingerprint density at radius 3 is 2.50 bits per heavy atom. The molecule has 1 fully saturated rings. The van der Waals surface area contributed by atoms with Crippen LogP contribution in [-0.4, -0.2) is 32.4 Å². The van der Waals surface area contributed by atoms with Gasteiger partial charge in [-0.1, -0.05) is 6.07 Å². The lowest BCUT2D eigenvalue weighted by Crippen LogP contribution is -2.40. The molecule has 0 atom stereocenters. The van der Waals surface area contributed by atoms with Crippen molar-refractivity contribution >= 4 is 38.4 Å². The van der Waals surface area contributed by atoms with Gasteiger partial charge in [0, 0.05) is 17.6 Å². The van der Waals surface area contributed by atoms with E-state index in [2.05, 4.69) is 15.9 Å². The maximum Gasteiger partial charge on any atom is 0.244 e. The maximum absolute atomic E-state index is 12.6. The SMILES string of the molecule is Cc1ccc(Br)c(S(=O)(=O)N2CCC(CN)CC2)c1.Cl. The molecule has 4 nitrogen and oxygen atoms in total. The molecule has 0 aliphatic carbocycles. The zero-order valence-electron chi connectivity index (χ0n) is 11.4. The lowest BCUT2D eigenvalue weighted by molar-refractivity contribution is 0.278. The smallest absolute Gasteiger partial charge is 0.244 e. The zero-order valence-corrected chi connectivity index (χ0v) is 14.6. The van der Waals surface area contributed by atoms with Crippen LogP contribution in [0.3, 0.4) is 0 Å². The second kappa shape index (κ2) is 7.22. The van der Waals surface area contributed by atoms with Crippen molar-refractivity contribution in [3.8, 4) is 0 Å². The molecule has 0 aromatic heterocycles. The molecule has 1 aromatic carbocycles. The van der Waals surface area contributed by atoms with Crippen LogP contribution in [-0.2, 0) is 10.0 Å². The van der Waals surface area contributed by atoms with Crippen molar-refractivity contribution in [1.82, 2.24) is 4.31 Å². The highest BCUT2D eigenvalue weighted by atomic mass is 79.9. The Labute approximate surface area is 135 Å². The molecule has 1 aliphatic rings. The highest BCUT2D eigenvalue weighted by Crippen LogP contribution is 2.28. The van der Waals surface area contributed by atoms with Crippen LogP contribution in [0.2, 0.25) is 0 Å². The summed E-state index contributed by atoms with van der Waals surface area (Å²) in [5.41, 5.74) is 6.58. The first-order chi connectivity index (χ1) is 8.95. The van der Waals surface area contributed by atoms with Crippen molar-refractivity contribution < 1.29 is 8.42 Å². The standard InChI is InChI=1S/C13H19BrN2O2S.ClH/c1-10-2-3-12(14)13(8-10)19(17,18)16-6-4-11(9-15)5-7-16;/h2-3,8,11H,4-7,9,15H2,1H3;1H. The molecule has 0 saturated carbocycles. The average molecular weight is 384 g/mol. The summed E-state index contributed by atoms with van der Waals surface area (Å²) in [6.45, 7) is 3.66. The molecule has 1 heterocycles. The minimum Gasteiger partial charge on any atom is -0.330 e. The van der Waals surface area contributed by atoms with Crippen LogP contribution < -0.4 is 5.73 Å². The van der Waals surface area contributed by atoms with Gasteiger partial charge >= 0.3 is 0 Å². The second-order valence-corrected chi connectivity index (χ2v) is 7.78. The monoisotopic (exact) mass is 382 g/mol. The molecule has 2 N–H and O–H groups in total. The summed E-state index contributed by atoms with van der Waals surface area (Å²) in [5.74, 6) is 0.451. The van der Waals surface area contributed by atoms with Crippen molar-refractivity contribution in [3.63, 3.8) is 0 Å². The van der Waals surface area contributed by atoms with Crippen LogP contribution in [0.5, 0.6) is 0 Å². The fraction of sp³-hybridized carbons (Fsp3) is 0.538. The van der Waals surface area contributed by atoms with Gasteiger partial charge in [0.05, 0.1) is 4.90 Å². The fourth-order valence-electron chi connectivity index (χ4n) is 2.33. The second-order valence-electron chi connectivity index (χ2n) is 5.02. The summed E-state index contributed by atoms with van der Waals surface area (Å²) in [5, 5.41) is 0. The van der Waals surface area contributed by atoms with Crippen molar-refractivity contribution in [3.05, 3.63) is 28.2 Å². The van der Waals surface area contributed by atoms with Crippen molar-refractivity contribution in [2.75, 3.05) is 19.6 Å². The summed E-state index contributed by atoms with van der Waals surface area (Å²) in [6.07, 6.45) is 1.69. The number of benzene rings is 1. The molecular weight excluding hydrogens is 364 g/mol. The number of halogens is 2. The van der Waals surface area contributed by atoms with Gasteiger partial charge in [0.1, 0.15) is 0 Å². The van der Waals surface area contributed by atoms with E-state index in [9.17, 15) is 8.42 Å². The van der Waals surface area contributed by atoms with E-state index in [1.807, 2.05) is 13.0 Å². The number of hydrogen-bond donors (Lipinski definition) is 1. The molecule has 1 aliphatic heterocycles. The van der Waals surface area contributed by atoms with E-state index in [0.29, 0.717) is 34.9 Å². The minimum absolute atomic E-state index is 0. The Morgan fingerprint density at radius 1 is 1.35 bits per heavy atom. The summed E-state index contributed by atoms with van der Waals surface area (Å²) >= 11 is 3.33. The van der Waals surface area contributed by atoms with Crippen LogP contribution in [0.15, 0.2) is 27.6 Å². The topological polar surface area (TPSA) is 63.4 Å². The molecule has 20 heavy (non-hydrogen) atoms. The molecular formula is C13H20BrClN2O2S. The molecule has 114 valence electrons. The number of rotatable bonds is 3. The summed E-state index contributed by atoms with van der Waals surface area (Å²) < 4.78 is 27.4. The Balaban J connectivity index is 0.00000200. The normalized spacial score (nSPS) is 17.8. The number of nitrogens with zero attached hydrogens (tertiary/aromatic N) is 1. The zero-order chi connectivity index (χ0) is 14.0. The molecule has 7 heteroatoms. The van der Waals surface area contributed by atoms with Gasteiger partial charge in [0.25, 0.3) is 0 Å². The highest BCUT2D eigenvalue weighted by molar-refractivity contribution is 9.10. The van der Waals surface area contributed by atoms with Gasteiger partial charge in [-0.2, -0.15) is 4.31 Å². The number of aryl methyl sites for hydroxylation is 1. The molecule has 0 radical (unpaired) electrons. The van der Waals surface area contributed by atoms with Gasteiger partial charge in [-0.05, 0) is 65.9 Å². The Morgan fingerprint density at radius 2 is 1.95 bits per heavy atom. The van der Waals surface area contributed by atoms with Gasteiger partial charge in [0.2, 0.25) is 10.0 Å². The van der Waals surface area contributed by atoms with Gasteiger partial charge < -0.3 is 5.73 Å². The first kappa shape index (κ1) is 17.9. The van der Waals surface area contributed by atoms with Crippen LogP contribution >= 0.6 is 28.3 Å². The van der Waals surface area contributed by atoms with Crippen molar-refractivity contribution in [1.29, 1.82) is 0 Å². The number of sulfonamides is 1. The van der Waals surface area contributed by atoms with Crippen LogP contribution in [0.1, 0.15) is 18.4 Å². The third-order valence-electron chi connectivity index (χ3n) is 3.61. The molecule has 0 unspecified atom stereocenters. The summed E-state index contributed by atoms with van der Waals surface area (Å²) in [6, 6.07) is 5.40. The van der Waals surface area contributed by atoms with Gasteiger partial charge in [-0.3, -0.25) is 0 Å². The van der Waals surface area contributed by atoms with E-state index in [1.165, 1.54) is 0 Å². The number of piperidine rings is 1. The van der Waals surface area contributed by atoms with Crippen LogP contribution in [0.25, 0.3) is 0 Å². The Hall–Kier alpha value is -0.140. The largest absolute Gasteiger partial charge is 0.330 e. The Kier molecular flexibility index (Phi) is 6.47. The van der Waals surface area contributed by atoms with Gasteiger partial charge in [0.15, 0.2) is 0 Å². The maximum atomic E-state index is 12.6. The first-order valence-corrected chi connectivity index (χ1v) is 8.65. The third kappa shape index (κ3) is 3.74. The Bertz CT molecular complexity index is 557. The molecule has 0 bridgehead atoms. The summed E-state index contributed by atoms with van der Waals surface area (Å²) in [7, 11) is -3.40. The minimum atomic E-state index is -3.40. The molecule has 1 saturated heterocycles. The highest BCUT2D eigenvalue weighted by Gasteiger charge is 2.30. The average Bonchev–Trinajstić information content (AvgIpc) is 2.41. The quantitative estimate of drug-likeness (QED) is 0.872. The van der Waals surface area contributed by atoms with Crippen LogP contribution in [0.4, 0.5) is 0 Å². The van der Waals surface area contributed by atoms with E-state index in [-0.39, 0.29) is 12.4 Å². The van der Waals surface area contributed by atoms with E-state index in [1.54, 1.807) is 16.4 Å². The third-order valence-corrected chi connectivity index (χ3v) is 6.50. The van der Waals surface area contributed by atoms with E-state index in [0.717, 1.165) is 18.4 Å². The van der Waals surface area contributed by atoms with E-state index in [4.69, 9.17) is 5.73 Å². The van der Waals surface area contributed by atoms with Gasteiger partial charge in [-0.25, -0.2) is 8.42 Å². The van der Waals surface area contributed by atoms with Crippen LogP contribution in [0, 0.1) is 12.8 Å². The van der Waals surface area contributed by atoms with Crippen molar-refractivity contribution in [2.45, 2.75) is 24.7 Å². The van der Waals surface area contributed by atoms with E-state index < -0.39 is 10.0 Å². The van der Waals surface area contributed by atoms with Crippen molar-refractivity contribution in [2.24, 2.45) is 11.7 Å². The molecule has 1 aromatic rings. The lowest BCUT2D eigenvalue weighted by Gasteiger charge is -2.30. The number of hydrogen-bond acceptors (Lipinski definition) is 3. The summed E-state index contributed by atoms with van der Waals surface area (Å²) in [4.78, 5) is 0.360. The molecule has 2 rings (SSSR count). The lowest BCUT2D eigenvalue weighted by atomic mass is 9.99. The number of nitrogens with two attached hydrogens (primary N) is 1. The molecule has 0 amide bonds. The predicted molar refractivity (Wildman–Crippen MR) is 86.7 cm³/mol.